The van der Waals surface area contributed by atoms with Crippen LogP contribution in [0.1, 0.15) is 51.0 Å². The molecular weight excluding hydrogens is 490 g/mol. The highest BCUT2D eigenvalue weighted by Crippen LogP contribution is 2.40. The summed E-state index contributed by atoms with van der Waals surface area (Å²) in [6.07, 6.45) is 4.31. The predicted molar refractivity (Wildman–Crippen MR) is 134 cm³/mol. The summed E-state index contributed by atoms with van der Waals surface area (Å²) in [4.78, 5) is 64.8. The number of ether oxygens (including phenoxy) is 2. The lowest BCUT2D eigenvalue weighted by Crippen LogP contribution is -2.32. The number of Topliss-reactive ketones (excluding diaryl/α,β-unsaturated/α-hetero) is 1. The number of furan rings is 1. The number of anilines is 1. The van der Waals surface area contributed by atoms with Gasteiger partial charge in [0.15, 0.2) is 12.4 Å². The van der Waals surface area contributed by atoms with Crippen LogP contribution in [0.4, 0.5) is 5.69 Å². The van der Waals surface area contributed by atoms with Crippen LogP contribution >= 0.6 is 0 Å². The Labute approximate surface area is 217 Å². The van der Waals surface area contributed by atoms with Gasteiger partial charge in [0.05, 0.1) is 29.3 Å². The van der Waals surface area contributed by atoms with Crippen LogP contribution in [-0.2, 0) is 14.3 Å². The number of imide groups is 1. The number of fused-ring (bicyclic) bond motifs is 1. The van der Waals surface area contributed by atoms with Crippen LogP contribution in [0, 0.1) is 11.8 Å². The Morgan fingerprint density at radius 3 is 2.39 bits per heavy atom. The lowest BCUT2D eigenvalue weighted by atomic mass is 9.82. The van der Waals surface area contributed by atoms with Gasteiger partial charge in [0.2, 0.25) is 17.6 Å². The molecule has 1 fully saturated rings. The van der Waals surface area contributed by atoms with Gasteiger partial charge in [0, 0.05) is 5.56 Å². The summed E-state index contributed by atoms with van der Waals surface area (Å²) in [5.41, 5.74) is 1.46. The lowest BCUT2D eigenvalue weighted by Gasteiger charge is -2.19. The molecule has 5 rings (SSSR count). The van der Waals surface area contributed by atoms with Crippen LogP contribution in [0.5, 0.6) is 5.75 Å². The number of esters is 2. The summed E-state index contributed by atoms with van der Waals surface area (Å²) in [7, 11) is 0. The number of carbonyl (C=O) groups is 5. The molecule has 2 heterocycles. The molecule has 1 aliphatic carbocycles. The molecule has 38 heavy (non-hydrogen) atoms. The van der Waals surface area contributed by atoms with Gasteiger partial charge in [0.1, 0.15) is 5.75 Å². The fraction of sp³-hybridized carbons (Fsp3) is 0.207. The van der Waals surface area contributed by atoms with E-state index < -0.39 is 36.2 Å². The molecule has 0 spiro atoms. The Balaban J connectivity index is 1.24. The normalized spacial score (nSPS) is 18.6. The van der Waals surface area contributed by atoms with Crippen LogP contribution in [0.25, 0.3) is 0 Å². The Morgan fingerprint density at radius 2 is 1.66 bits per heavy atom. The standard InChI is InChI=1S/C29H23NO8/c1-17-8-13-20-22(15-17)27(33)30(26(20)32)23-6-3-2-5-21(23)28(34)37-16-24(31)18-9-11-19(12-10-18)38-29(35)25-7-4-14-36-25/h2-12,14,20,22H,13,15-16H2,1H3. The third kappa shape index (κ3) is 4.78. The monoisotopic (exact) mass is 513 g/mol. The second-order valence-electron chi connectivity index (χ2n) is 9.12. The van der Waals surface area contributed by atoms with Crippen molar-refractivity contribution in [1.82, 2.24) is 0 Å². The number of ketones is 1. The second-order valence-corrected chi connectivity index (χ2v) is 9.12. The first kappa shape index (κ1) is 24.9. The average molecular weight is 514 g/mol. The Hall–Kier alpha value is -4.79. The maximum Gasteiger partial charge on any atom is 0.379 e. The summed E-state index contributed by atoms with van der Waals surface area (Å²) < 4.78 is 15.4. The van der Waals surface area contributed by atoms with Crippen LogP contribution in [0.15, 0.2) is 83.0 Å². The van der Waals surface area contributed by atoms with Gasteiger partial charge in [0.25, 0.3) is 0 Å². The minimum absolute atomic E-state index is 0.0190. The molecule has 9 heteroatoms. The number of benzene rings is 2. The zero-order valence-corrected chi connectivity index (χ0v) is 20.4. The summed E-state index contributed by atoms with van der Waals surface area (Å²) in [5, 5.41) is 0. The number of allylic oxidation sites excluding steroid dienone is 2. The van der Waals surface area contributed by atoms with E-state index in [0.717, 1.165) is 10.5 Å². The number of hydrogen-bond donors (Lipinski definition) is 0. The second kappa shape index (κ2) is 10.3. The molecule has 1 aromatic heterocycles. The molecule has 3 aromatic rings. The van der Waals surface area contributed by atoms with Gasteiger partial charge in [-0.2, -0.15) is 0 Å². The Kier molecular flexibility index (Phi) is 6.74. The first-order valence-electron chi connectivity index (χ1n) is 12.0. The first-order valence-corrected chi connectivity index (χ1v) is 12.0. The molecule has 1 saturated heterocycles. The number of hydrogen-bond acceptors (Lipinski definition) is 8. The minimum atomic E-state index is -0.831. The summed E-state index contributed by atoms with van der Waals surface area (Å²) >= 11 is 0. The van der Waals surface area contributed by atoms with E-state index >= 15 is 0 Å². The van der Waals surface area contributed by atoms with Crippen molar-refractivity contribution in [2.45, 2.75) is 19.8 Å². The molecule has 2 aliphatic rings. The fourth-order valence-corrected chi connectivity index (χ4v) is 4.67. The maximum atomic E-state index is 13.1. The van der Waals surface area contributed by atoms with Gasteiger partial charge >= 0.3 is 11.9 Å². The molecule has 2 unspecified atom stereocenters. The Morgan fingerprint density at radius 1 is 0.921 bits per heavy atom. The topological polar surface area (TPSA) is 120 Å². The van der Waals surface area contributed by atoms with Crippen molar-refractivity contribution in [3.05, 3.63) is 95.5 Å². The van der Waals surface area contributed by atoms with E-state index in [1.54, 1.807) is 18.2 Å². The van der Waals surface area contributed by atoms with Crippen LogP contribution in [0.2, 0.25) is 0 Å². The van der Waals surface area contributed by atoms with E-state index in [9.17, 15) is 24.0 Å². The number of nitrogens with zero attached hydrogens (tertiary/aromatic N) is 1. The third-order valence-electron chi connectivity index (χ3n) is 6.63. The van der Waals surface area contributed by atoms with E-state index in [0.29, 0.717) is 12.8 Å². The lowest BCUT2D eigenvalue weighted by molar-refractivity contribution is -0.122. The smallest absolute Gasteiger partial charge is 0.379 e. The number of amides is 2. The van der Waals surface area contributed by atoms with E-state index in [1.807, 2.05) is 13.0 Å². The fourth-order valence-electron chi connectivity index (χ4n) is 4.67. The summed E-state index contributed by atoms with van der Waals surface area (Å²) in [5.74, 6) is -3.31. The van der Waals surface area contributed by atoms with Crippen molar-refractivity contribution in [2.75, 3.05) is 11.5 Å². The summed E-state index contributed by atoms with van der Waals surface area (Å²) in [6.45, 7) is 1.37. The molecule has 192 valence electrons. The largest absolute Gasteiger partial charge is 0.457 e. The highest BCUT2D eigenvalue weighted by molar-refractivity contribution is 6.24. The van der Waals surface area contributed by atoms with E-state index in [2.05, 4.69) is 0 Å². The van der Waals surface area contributed by atoms with Crippen LogP contribution in [0.3, 0.4) is 0 Å². The van der Waals surface area contributed by atoms with Crippen molar-refractivity contribution >= 4 is 35.2 Å². The predicted octanol–water partition coefficient (Wildman–Crippen LogP) is 4.38. The van der Waals surface area contributed by atoms with Crippen molar-refractivity contribution in [2.24, 2.45) is 11.8 Å². The molecule has 0 radical (unpaired) electrons. The van der Waals surface area contributed by atoms with Crippen LogP contribution < -0.4 is 9.64 Å². The van der Waals surface area contributed by atoms with Crippen LogP contribution in [-0.4, -0.2) is 36.1 Å². The molecule has 1 aliphatic heterocycles. The number of carbonyl (C=O) groups excluding carboxylic acids is 5. The van der Waals surface area contributed by atoms with Crippen molar-refractivity contribution < 1.29 is 37.9 Å². The SMILES string of the molecule is CC1=CCC2C(=O)N(c3ccccc3C(=O)OCC(=O)c3ccc(OC(=O)c4ccco4)cc3)C(=O)C2C1. The van der Waals surface area contributed by atoms with Gasteiger partial charge < -0.3 is 13.9 Å². The molecular formula is C29H23NO8. The molecule has 9 nitrogen and oxygen atoms in total. The molecule has 0 bridgehead atoms. The van der Waals surface area contributed by atoms with Gasteiger partial charge in [-0.3, -0.25) is 14.4 Å². The van der Waals surface area contributed by atoms with Crippen molar-refractivity contribution in [1.29, 1.82) is 0 Å². The Bertz CT molecular complexity index is 1450. The van der Waals surface area contributed by atoms with Crippen molar-refractivity contribution in [3.63, 3.8) is 0 Å². The van der Waals surface area contributed by atoms with Gasteiger partial charge in [-0.1, -0.05) is 23.8 Å². The first-order chi connectivity index (χ1) is 18.3. The molecule has 2 amide bonds. The molecule has 2 atom stereocenters. The van der Waals surface area contributed by atoms with Gasteiger partial charge in [-0.25, -0.2) is 14.5 Å². The molecule has 2 aromatic carbocycles. The van der Waals surface area contributed by atoms with E-state index in [-0.39, 0.29) is 40.1 Å². The zero-order valence-electron chi connectivity index (χ0n) is 20.4. The van der Waals surface area contributed by atoms with Crippen molar-refractivity contribution in [3.8, 4) is 5.75 Å². The summed E-state index contributed by atoms with van der Waals surface area (Å²) in [6, 6.07) is 15.0. The molecule has 0 N–H and O–H groups in total. The van der Waals surface area contributed by atoms with E-state index in [4.69, 9.17) is 13.9 Å². The minimum Gasteiger partial charge on any atom is -0.457 e. The van der Waals surface area contributed by atoms with E-state index in [1.165, 1.54) is 48.7 Å². The zero-order chi connectivity index (χ0) is 26.8. The van der Waals surface area contributed by atoms with Gasteiger partial charge in [-0.05, 0) is 68.3 Å². The molecule has 0 saturated carbocycles. The van der Waals surface area contributed by atoms with Gasteiger partial charge in [-0.15, -0.1) is 0 Å². The highest BCUT2D eigenvalue weighted by Gasteiger charge is 2.49. The highest BCUT2D eigenvalue weighted by atomic mass is 16.5. The number of para-hydroxylation sites is 1. The third-order valence-corrected chi connectivity index (χ3v) is 6.63. The average Bonchev–Trinajstić information content (AvgIpc) is 3.55. The number of rotatable bonds is 7. The quantitative estimate of drug-likeness (QED) is 0.150. The maximum absolute atomic E-state index is 13.1.